The van der Waals surface area contributed by atoms with Crippen LogP contribution in [0, 0.1) is 0 Å². The summed E-state index contributed by atoms with van der Waals surface area (Å²) in [5.41, 5.74) is 0. The number of carbonyl (C=O) groups excluding carboxylic acids is 1. The number of furan rings is 1. The molecule has 0 fully saturated rings. The number of halogens is 1. The topological polar surface area (TPSA) is 33.5 Å². The molecule has 0 aromatic carbocycles. The standard InChI is InChI=1S/C9H12BrNO2/c1-3-11(4-2)9(12)8-5-7(10)6-13-8/h5-6H,3-4H2,1-2H3. The Morgan fingerprint density at radius 1 is 1.54 bits per heavy atom. The van der Waals surface area contributed by atoms with Crippen LogP contribution in [0.4, 0.5) is 0 Å². The first-order valence-corrected chi connectivity index (χ1v) is 5.01. The van der Waals surface area contributed by atoms with E-state index in [0.29, 0.717) is 18.8 Å². The first-order valence-electron chi connectivity index (χ1n) is 4.22. The zero-order valence-electron chi connectivity index (χ0n) is 7.71. The minimum atomic E-state index is -0.0595. The van der Waals surface area contributed by atoms with Crippen molar-refractivity contribution >= 4 is 21.8 Å². The van der Waals surface area contributed by atoms with Gasteiger partial charge in [-0.15, -0.1) is 0 Å². The number of hydrogen-bond acceptors (Lipinski definition) is 2. The van der Waals surface area contributed by atoms with E-state index in [1.54, 1.807) is 11.0 Å². The van der Waals surface area contributed by atoms with Gasteiger partial charge in [0, 0.05) is 19.2 Å². The molecule has 72 valence electrons. The van der Waals surface area contributed by atoms with Gasteiger partial charge in [0.1, 0.15) is 6.26 Å². The SMILES string of the molecule is CCN(CC)C(=O)c1cc(Br)co1. The number of rotatable bonds is 3. The van der Waals surface area contributed by atoms with E-state index in [1.807, 2.05) is 13.8 Å². The summed E-state index contributed by atoms with van der Waals surface area (Å²) in [7, 11) is 0. The van der Waals surface area contributed by atoms with Crippen molar-refractivity contribution < 1.29 is 9.21 Å². The third kappa shape index (κ3) is 2.34. The van der Waals surface area contributed by atoms with Crippen LogP contribution in [-0.2, 0) is 0 Å². The molecule has 0 aliphatic heterocycles. The first kappa shape index (κ1) is 10.3. The van der Waals surface area contributed by atoms with Crippen LogP contribution in [-0.4, -0.2) is 23.9 Å². The largest absolute Gasteiger partial charge is 0.458 e. The predicted octanol–water partition coefficient (Wildman–Crippen LogP) is 2.52. The van der Waals surface area contributed by atoms with Crippen LogP contribution in [0.15, 0.2) is 21.2 Å². The van der Waals surface area contributed by atoms with E-state index in [1.165, 1.54) is 6.26 Å². The molecule has 0 bridgehead atoms. The molecule has 0 spiro atoms. The lowest BCUT2D eigenvalue weighted by Gasteiger charge is -2.16. The van der Waals surface area contributed by atoms with Gasteiger partial charge in [0.15, 0.2) is 5.76 Å². The highest BCUT2D eigenvalue weighted by Crippen LogP contribution is 2.15. The normalized spacial score (nSPS) is 10.1. The second-order valence-corrected chi connectivity index (χ2v) is 3.52. The molecule has 0 aliphatic carbocycles. The van der Waals surface area contributed by atoms with Crippen LogP contribution >= 0.6 is 15.9 Å². The highest BCUT2D eigenvalue weighted by atomic mass is 79.9. The number of carbonyl (C=O) groups is 1. The van der Waals surface area contributed by atoms with Gasteiger partial charge in [0.2, 0.25) is 0 Å². The third-order valence-corrected chi connectivity index (χ3v) is 2.24. The van der Waals surface area contributed by atoms with Crippen molar-refractivity contribution in [2.45, 2.75) is 13.8 Å². The van der Waals surface area contributed by atoms with Gasteiger partial charge in [-0.05, 0) is 29.8 Å². The Labute approximate surface area is 85.8 Å². The average molecular weight is 246 g/mol. The van der Waals surface area contributed by atoms with Crippen molar-refractivity contribution in [3.8, 4) is 0 Å². The van der Waals surface area contributed by atoms with Gasteiger partial charge in [0.05, 0.1) is 4.47 Å². The van der Waals surface area contributed by atoms with Gasteiger partial charge in [0.25, 0.3) is 5.91 Å². The fraction of sp³-hybridized carbons (Fsp3) is 0.444. The molecule has 0 saturated carbocycles. The van der Waals surface area contributed by atoms with Gasteiger partial charge in [-0.2, -0.15) is 0 Å². The summed E-state index contributed by atoms with van der Waals surface area (Å²) >= 11 is 3.23. The molecule has 1 heterocycles. The van der Waals surface area contributed by atoms with Gasteiger partial charge >= 0.3 is 0 Å². The van der Waals surface area contributed by atoms with Gasteiger partial charge < -0.3 is 9.32 Å². The zero-order valence-corrected chi connectivity index (χ0v) is 9.30. The molecule has 0 atom stereocenters. The Bertz CT molecular complexity index is 292. The lowest BCUT2D eigenvalue weighted by Crippen LogP contribution is -2.30. The molecule has 1 amide bonds. The average Bonchev–Trinajstić information content (AvgIpc) is 2.54. The Kier molecular flexibility index (Phi) is 3.54. The lowest BCUT2D eigenvalue weighted by molar-refractivity contribution is 0.0741. The van der Waals surface area contributed by atoms with E-state index >= 15 is 0 Å². The zero-order chi connectivity index (χ0) is 9.84. The minimum absolute atomic E-state index is 0.0595. The Morgan fingerprint density at radius 2 is 2.15 bits per heavy atom. The van der Waals surface area contributed by atoms with Crippen LogP contribution in [0.25, 0.3) is 0 Å². The van der Waals surface area contributed by atoms with E-state index < -0.39 is 0 Å². The maximum absolute atomic E-state index is 11.6. The summed E-state index contributed by atoms with van der Waals surface area (Å²) in [6.45, 7) is 5.29. The van der Waals surface area contributed by atoms with Crippen LogP contribution in [0.2, 0.25) is 0 Å². The molecule has 1 aromatic rings. The van der Waals surface area contributed by atoms with E-state index in [4.69, 9.17) is 4.42 Å². The summed E-state index contributed by atoms with van der Waals surface area (Å²) < 4.78 is 5.87. The molecular weight excluding hydrogens is 234 g/mol. The van der Waals surface area contributed by atoms with E-state index in [9.17, 15) is 4.79 Å². The fourth-order valence-electron chi connectivity index (χ4n) is 1.09. The van der Waals surface area contributed by atoms with Crippen LogP contribution < -0.4 is 0 Å². The summed E-state index contributed by atoms with van der Waals surface area (Å²) in [4.78, 5) is 13.3. The van der Waals surface area contributed by atoms with Gasteiger partial charge in [-0.25, -0.2) is 0 Å². The summed E-state index contributed by atoms with van der Waals surface area (Å²) in [5, 5.41) is 0. The molecule has 0 N–H and O–H groups in total. The van der Waals surface area contributed by atoms with Gasteiger partial charge in [-0.3, -0.25) is 4.79 Å². The highest BCUT2D eigenvalue weighted by Gasteiger charge is 2.15. The van der Waals surface area contributed by atoms with Crippen molar-refractivity contribution in [2.75, 3.05) is 13.1 Å². The van der Waals surface area contributed by atoms with E-state index in [2.05, 4.69) is 15.9 Å². The Balaban J connectivity index is 2.78. The molecule has 0 aliphatic rings. The monoisotopic (exact) mass is 245 g/mol. The third-order valence-electron chi connectivity index (χ3n) is 1.83. The second-order valence-electron chi connectivity index (χ2n) is 2.61. The smallest absolute Gasteiger partial charge is 0.289 e. The number of nitrogens with zero attached hydrogens (tertiary/aromatic N) is 1. The van der Waals surface area contributed by atoms with Gasteiger partial charge in [-0.1, -0.05) is 0 Å². The molecule has 3 nitrogen and oxygen atoms in total. The van der Waals surface area contributed by atoms with Crippen molar-refractivity contribution in [2.24, 2.45) is 0 Å². The molecule has 0 saturated heterocycles. The number of amides is 1. The van der Waals surface area contributed by atoms with E-state index in [-0.39, 0.29) is 5.91 Å². The molecule has 4 heteroatoms. The summed E-state index contributed by atoms with van der Waals surface area (Å²) in [5.74, 6) is 0.325. The lowest BCUT2D eigenvalue weighted by atomic mass is 10.4. The maximum Gasteiger partial charge on any atom is 0.289 e. The van der Waals surface area contributed by atoms with Crippen molar-refractivity contribution in [3.05, 3.63) is 22.6 Å². The molecule has 1 aromatic heterocycles. The molecule has 13 heavy (non-hydrogen) atoms. The first-order chi connectivity index (χ1) is 6.19. The molecule has 1 rings (SSSR count). The second kappa shape index (κ2) is 4.46. The van der Waals surface area contributed by atoms with Crippen LogP contribution in [0.1, 0.15) is 24.4 Å². The fourth-order valence-corrected chi connectivity index (χ4v) is 1.39. The minimum Gasteiger partial charge on any atom is -0.458 e. The Hall–Kier alpha value is -0.770. The van der Waals surface area contributed by atoms with Crippen molar-refractivity contribution in [1.82, 2.24) is 4.90 Å². The summed E-state index contributed by atoms with van der Waals surface area (Å²) in [6, 6.07) is 1.68. The predicted molar refractivity (Wildman–Crippen MR) is 53.7 cm³/mol. The highest BCUT2D eigenvalue weighted by molar-refractivity contribution is 9.10. The van der Waals surface area contributed by atoms with Crippen molar-refractivity contribution in [1.29, 1.82) is 0 Å². The molecule has 0 radical (unpaired) electrons. The molecule has 0 unspecified atom stereocenters. The number of hydrogen-bond donors (Lipinski definition) is 0. The van der Waals surface area contributed by atoms with E-state index in [0.717, 1.165) is 4.47 Å². The maximum atomic E-state index is 11.6. The summed E-state index contributed by atoms with van der Waals surface area (Å²) in [6.07, 6.45) is 1.51. The van der Waals surface area contributed by atoms with Crippen LogP contribution in [0.5, 0.6) is 0 Å². The quantitative estimate of drug-likeness (QED) is 0.821. The Morgan fingerprint density at radius 3 is 2.54 bits per heavy atom. The van der Waals surface area contributed by atoms with Crippen molar-refractivity contribution in [3.63, 3.8) is 0 Å². The van der Waals surface area contributed by atoms with Crippen LogP contribution in [0.3, 0.4) is 0 Å². The molecular formula is C9H12BrNO2.